The average Bonchev–Trinajstić information content (AvgIpc) is 2.40. The Morgan fingerprint density at radius 3 is 2.33 bits per heavy atom. The topological polar surface area (TPSA) is 65.5 Å². The fraction of sp³-hybridized carbons (Fsp3) is 0.867. The first-order valence-electron chi connectivity index (χ1n) is 7.73. The van der Waals surface area contributed by atoms with Crippen molar-refractivity contribution in [3.63, 3.8) is 0 Å². The summed E-state index contributed by atoms with van der Waals surface area (Å²) in [6, 6.07) is 0.360. The van der Waals surface area contributed by atoms with Crippen molar-refractivity contribution in [1.29, 1.82) is 0 Å². The highest BCUT2D eigenvalue weighted by molar-refractivity contribution is 14.0. The maximum atomic E-state index is 11.5. The number of halogens is 1. The van der Waals surface area contributed by atoms with E-state index in [1.165, 1.54) is 12.8 Å². The quantitative estimate of drug-likeness (QED) is 0.310. The number of carbonyl (C=O) groups is 1. The zero-order valence-electron chi connectivity index (χ0n) is 14.2. The lowest BCUT2D eigenvalue weighted by Gasteiger charge is -2.18. The van der Waals surface area contributed by atoms with Crippen LogP contribution in [0.1, 0.15) is 53.4 Å². The first-order valence-corrected chi connectivity index (χ1v) is 7.73. The highest BCUT2D eigenvalue weighted by Crippen LogP contribution is 2.07. The van der Waals surface area contributed by atoms with Gasteiger partial charge in [-0.1, -0.05) is 33.6 Å². The molecule has 0 spiro atoms. The summed E-state index contributed by atoms with van der Waals surface area (Å²) >= 11 is 0. The van der Waals surface area contributed by atoms with Crippen LogP contribution in [-0.4, -0.2) is 38.0 Å². The molecule has 126 valence electrons. The molecule has 0 rings (SSSR count). The minimum absolute atomic E-state index is 0. The fourth-order valence-electron chi connectivity index (χ4n) is 1.82. The molecule has 1 unspecified atom stereocenters. The number of aliphatic imine (C=N–C) groups is 1. The Labute approximate surface area is 147 Å². The van der Waals surface area contributed by atoms with Gasteiger partial charge in [0.1, 0.15) is 0 Å². The van der Waals surface area contributed by atoms with Gasteiger partial charge in [-0.05, 0) is 25.7 Å². The molecule has 6 heteroatoms. The van der Waals surface area contributed by atoms with Crippen molar-refractivity contribution in [1.82, 2.24) is 16.0 Å². The van der Waals surface area contributed by atoms with Gasteiger partial charge in [0.25, 0.3) is 0 Å². The second-order valence-corrected chi connectivity index (χ2v) is 5.65. The third kappa shape index (κ3) is 14.2. The molecule has 5 nitrogen and oxygen atoms in total. The minimum atomic E-state index is 0. The summed E-state index contributed by atoms with van der Waals surface area (Å²) in [6.07, 6.45) is 4.52. The van der Waals surface area contributed by atoms with E-state index in [-0.39, 0.29) is 36.4 Å². The molecular formula is C15H33IN4O. The van der Waals surface area contributed by atoms with Crippen LogP contribution < -0.4 is 16.0 Å². The van der Waals surface area contributed by atoms with Crippen LogP contribution in [0.5, 0.6) is 0 Å². The normalized spacial score (nSPS) is 12.6. The second-order valence-electron chi connectivity index (χ2n) is 5.65. The molecule has 0 aromatic rings. The van der Waals surface area contributed by atoms with Gasteiger partial charge in [0.15, 0.2) is 5.96 Å². The number of hydrogen-bond donors (Lipinski definition) is 3. The number of nitrogens with one attached hydrogen (secondary N) is 3. The van der Waals surface area contributed by atoms with E-state index in [0.29, 0.717) is 12.0 Å². The molecule has 0 bridgehead atoms. The van der Waals surface area contributed by atoms with Crippen LogP contribution in [0.15, 0.2) is 4.99 Å². The van der Waals surface area contributed by atoms with E-state index in [2.05, 4.69) is 41.7 Å². The molecular weight excluding hydrogens is 379 g/mol. The van der Waals surface area contributed by atoms with Crippen molar-refractivity contribution >= 4 is 35.8 Å². The predicted octanol–water partition coefficient (Wildman–Crippen LogP) is 2.51. The van der Waals surface area contributed by atoms with Crippen LogP contribution in [0, 0.1) is 5.92 Å². The van der Waals surface area contributed by atoms with Crippen molar-refractivity contribution in [2.24, 2.45) is 10.9 Å². The number of nitrogens with zero attached hydrogens (tertiary/aromatic N) is 1. The Bertz CT molecular complexity index is 295. The summed E-state index contributed by atoms with van der Waals surface area (Å²) in [6.45, 7) is 9.65. The van der Waals surface area contributed by atoms with Gasteiger partial charge in [-0.3, -0.25) is 9.79 Å². The number of carbonyl (C=O) groups excluding carboxylic acids is 1. The zero-order valence-corrected chi connectivity index (χ0v) is 16.5. The predicted molar refractivity (Wildman–Crippen MR) is 101 cm³/mol. The maximum absolute atomic E-state index is 11.5. The molecule has 0 saturated carbocycles. The SMILES string of the molecule is CCCNC(=O)CNC(=NC)NC(C)CCCC(C)C.I. The molecule has 0 heterocycles. The van der Waals surface area contributed by atoms with Crippen LogP contribution in [0.3, 0.4) is 0 Å². The molecule has 0 aliphatic rings. The first-order chi connectivity index (χ1) is 9.49. The minimum Gasteiger partial charge on any atom is -0.355 e. The molecule has 0 aromatic heterocycles. The molecule has 3 N–H and O–H groups in total. The van der Waals surface area contributed by atoms with Crippen molar-refractivity contribution < 1.29 is 4.79 Å². The van der Waals surface area contributed by atoms with Gasteiger partial charge in [0.2, 0.25) is 5.91 Å². The second kappa shape index (κ2) is 14.4. The van der Waals surface area contributed by atoms with E-state index >= 15 is 0 Å². The Kier molecular flexibility index (Phi) is 15.6. The fourth-order valence-corrected chi connectivity index (χ4v) is 1.82. The van der Waals surface area contributed by atoms with E-state index < -0.39 is 0 Å². The van der Waals surface area contributed by atoms with Crippen LogP contribution in [0.25, 0.3) is 0 Å². The lowest BCUT2D eigenvalue weighted by molar-refractivity contribution is -0.120. The summed E-state index contributed by atoms with van der Waals surface area (Å²) < 4.78 is 0. The number of hydrogen-bond acceptors (Lipinski definition) is 2. The van der Waals surface area contributed by atoms with E-state index in [1.807, 2.05) is 6.92 Å². The number of rotatable bonds is 9. The van der Waals surface area contributed by atoms with Crippen molar-refractivity contribution in [3.05, 3.63) is 0 Å². The Balaban J connectivity index is 0. The Morgan fingerprint density at radius 2 is 1.81 bits per heavy atom. The maximum Gasteiger partial charge on any atom is 0.239 e. The monoisotopic (exact) mass is 412 g/mol. The average molecular weight is 412 g/mol. The van der Waals surface area contributed by atoms with Gasteiger partial charge in [-0.2, -0.15) is 0 Å². The van der Waals surface area contributed by atoms with E-state index in [4.69, 9.17) is 0 Å². The molecule has 0 aliphatic carbocycles. The molecule has 1 atom stereocenters. The Hall–Kier alpha value is -0.530. The summed E-state index contributed by atoms with van der Waals surface area (Å²) in [5.41, 5.74) is 0. The van der Waals surface area contributed by atoms with Crippen LogP contribution in [-0.2, 0) is 4.79 Å². The lowest BCUT2D eigenvalue weighted by Crippen LogP contribution is -2.46. The van der Waals surface area contributed by atoms with Crippen LogP contribution in [0.2, 0.25) is 0 Å². The largest absolute Gasteiger partial charge is 0.355 e. The highest BCUT2D eigenvalue weighted by Gasteiger charge is 2.07. The van der Waals surface area contributed by atoms with Crippen molar-refractivity contribution in [2.45, 2.75) is 59.4 Å². The van der Waals surface area contributed by atoms with Gasteiger partial charge in [-0.15, -0.1) is 24.0 Å². The summed E-state index contributed by atoms with van der Waals surface area (Å²) in [5, 5.41) is 9.17. The number of guanidine groups is 1. The van der Waals surface area contributed by atoms with Gasteiger partial charge in [-0.25, -0.2) is 0 Å². The van der Waals surface area contributed by atoms with E-state index in [0.717, 1.165) is 25.3 Å². The van der Waals surface area contributed by atoms with Crippen LogP contribution in [0.4, 0.5) is 0 Å². The summed E-state index contributed by atoms with van der Waals surface area (Å²) in [7, 11) is 1.72. The zero-order chi connectivity index (χ0) is 15.4. The molecule has 1 amide bonds. The molecule has 0 saturated heterocycles. The molecule has 0 radical (unpaired) electrons. The standard InChI is InChI=1S/C15H32N4O.HI/c1-6-10-17-14(20)11-18-15(16-5)19-13(4)9-7-8-12(2)3;/h12-13H,6-11H2,1-5H3,(H,17,20)(H2,16,18,19);1H. The highest BCUT2D eigenvalue weighted by atomic mass is 127. The molecule has 21 heavy (non-hydrogen) atoms. The van der Waals surface area contributed by atoms with Gasteiger partial charge in [0, 0.05) is 19.6 Å². The van der Waals surface area contributed by atoms with Crippen molar-refractivity contribution in [3.8, 4) is 0 Å². The third-order valence-corrected chi connectivity index (χ3v) is 3.01. The molecule has 0 aromatic carbocycles. The van der Waals surface area contributed by atoms with Gasteiger partial charge in [0.05, 0.1) is 6.54 Å². The summed E-state index contributed by atoms with van der Waals surface area (Å²) in [5.74, 6) is 1.44. The van der Waals surface area contributed by atoms with E-state index in [1.54, 1.807) is 7.05 Å². The Morgan fingerprint density at radius 1 is 1.14 bits per heavy atom. The van der Waals surface area contributed by atoms with Gasteiger partial charge < -0.3 is 16.0 Å². The molecule has 0 fully saturated rings. The van der Waals surface area contributed by atoms with Crippen LogP contribution >= 0.6 is 24.0 Å². The van der Waals surface area contributed by atoms with Crippen molar-refractivity contribution in [2.75, 3.05) is 20.1 Å². The first kappa shape index (κ1) is 22.7. The smallest absolute Gasteiger partial charge is 0.239 e. The number of amides is 1. The lowest BCUT2D eigenvalue weighted by atomic mass is 10.0. The third-order valence-electron chi connectivity index (χ3n) is 3.01. The van der Waals surface area contributed by atoms with Gasteiger partial charge >= 0.3 is 0 Å². The summed E-state index contributed by atoms with van der Waals surface area (Å²) in [4.78, 5) is 15.6. The van der Waals surface area contributed by atoms with E-state index in [9.17, 15) is 4.79 Å². The molecule has 0 aliphatic heterocycles.